The van der Waals surface area contributed by atoms with Gasteiger partial charge in [0.25, 0.3) is 0 Å². The Morgan fingerprint density at radius 1 is 1.03 bits per heavy atom. The Morgan fingerprint density at radius 3 is 2.53 bits per heavy atom. The van der Waals surface area contributed by atoms with E-state index in [1.54, 1.807) is 4.68 Å². The summed E-state index contributed by atoms with van der Waals surface area (Å²) in [7, 11) is 4.01. The van der Waals surface area contributed by atoms with Gasteiger partial charge in [-0.1, -0.05) is 19.3 Å². The van der Waals surface area contributed by atoms with Gasteiger partial charge in [-0.05, 0) is 47.5 Å². The van der Waals surface area contributed by atoms with Gasteiger partial charge in [-0.25, -0.2) is 9.48 Å². The third kappa shape index (κ3) is 4.16. The predicted octanol–water partition coefficient (Wildman–Crippen LogP) is 1.75. The number of nitrogens with zero attached hydrogens (tertiary/aromatic N) is 5. The van der Waals surface area contributed by atoms with E-state index in [2.05, 4.69) is 26.2 Å². The highest BCUT2D eigenvalue weighted by molar-refractivity contribution is 5.74. The average molecular weight is 442 g/mol. The van der Waals surface area contributed by atoms with E-state index in [1.165, 1.54) is 19.3 Å². The molecule has 2 aromatic rings. The van der Waals surface area contributed by atoms with Gasteiger partial charge in [-0.2, -0.15) is 0 Å². The number of ether oxygens (including phenoxy) is 2. The molecule has 0 bridgehead atoms. The topological polar surface area (TPSA) is 106 Å². The standard InChI is InChI=1S/C22H31N7O3/c1-28(2)16-10-8-14(9-11-16)21-25-26-27-29(21)18-13-32-19-17(12-31-20(18)19)24-22(30)23-15-6-4-3-5-7-15/h8-11,15,17-20H,3-7,12-13H2,1-2H3,(H2,23,24,30)/t17-,18+,19-,20+/m0/s1. The first-order chi connectivity index (χ1) is 15.6. The predicted molar refractivity (Wildman–Crippen MR) is 118 cm³/mol. The van der Waals surface area contributed by atoms with E-state index in [9.17, 15) is 4.79 Å². The van der Waals surface area contributed by atoms with Crippen LogP contribution in [0.3, 0.4) is 0 Å². The number of tetrazole rings is 1. The van der Waals surface area contributed by atoms with Crippen molar-refractivity contribution in [2.75, 3.05) is 32.2 Å². The van der Waals surface area contributed by atoms with Crippen molar-refractivity contribution in [2.45, 2.75) is 62.4 Å². The van der Waals surface area contributed by atoms with Crippen LogP contribution in [0.25, 0.3) is 11.4 Å². The fraction of sp³-hybridized carbons (Fsp3) is 0.636. The molecule has 2 saturated heterocycles. The van der Waals surface area contributed by atoms with Gasteiger partial charge >= 0.3 is 6.03 Å². The van der Waals surface area contributed by atoms with Crippen LogP contribution < -0.4 is 15.5 Å². The molecule has 0 spiro atoms. The van der Waals surface area contributed by atoms with E-state index in [0.29, 0.717) is 19.0 Å². The van der Waals surface area contributed by atoms with Crippen LogP contribution in [0, 0.1) is 0 Å². The quantitative estimate of drug-likeness (QED) is 0.728. The number of aromatic nitrogens is 4. The molecule has 10 nitrogen and oxygen atoms in total. The number of nitrogens with one attached hydrogen (secondary N) is 2. The van der Waals surface area contributed by atoms with Gasteiger partial charge in [-0.15, -0.1) is 5.10 Å². The molecule has 1 saturated carbocycles. The first-order valence-electron chi connectivity index (χ1n) is 11.5. The highest BCUT2D eigenvalue weighted by Gasteiger charge is 2.50. The first-order valence-corrected chi connectivity index (χ1v) is 11.5. The zero-order chi connectivity index (χ0) is 22.1. The van der Waals surface area contributed by atoms with E-state index in [1.807, 2.05) is 43.3 Å². The number of hydrogen-bond acceptors (Lipinski definition) is 7. The van der Waals surface area contributed by atoms with Crippen LogP contribution in [0.4, 0.5) is 10.5 Å². The van der Waals surface area contributed by atoms with E-state index in [4.69, 9.17) is 9.47 Å². The summed E-state index contributed by atoms with van der Waals surface area (Å²) in [6.45, 7) is 0.852. The molecule has 2 N–H and O–H groups in total. The lowest BCUT2D eigenvalue weighted by Crippen LogP contribution is -2.50. The highest BCUT2D eigenvalue weighted by Crippen LogP contribution is 2.36. The molecule has 3 heterocycles. The van der Waals surface area contributed by atoms with Gasteiger partial charge in [0.15, 0.2) is 5.82 Å². The van der Waals surface area contributed by atoms with Gasteiger partial charge in [-0.3, -0.25) is 0 Å². The Balaban J connectivity index is 1.24. The number of amides is 2. The van der Waals surface area contributed by atoms with Crippen molar-refractivity contribution in [3.05, 3.63) is 24.3 Å². The molecular formula is C22H31N7O3. The van der Waals surface area contributed by atoms with Crippen molar-refractivity contribution in [1.29, 1.82) is 0 Å². The van der Waals surface area contributed by atoms with Crippen molar-refractivity contribution in [1.82, 2.24) is 30.8 Å². The van der Waals surface area contributed by atoms with Crippen LogP contribution >= 0.6 is 0 Å². The Kier molecular flexibility index (Phi) is 5.97. The summed E-state index contributed by atoms with van der Waals surface area (Å²) >= 11 is 0. The summed E-state index contributed by atoms with van der Waals surface area (Å²) < 4.78 is 13.9. The van der Waals surface area contributed by atoms with Crippen LogP contribution in [0.2, 0.25) is 0 Å². The minimum Gasteiger partial charge on any atom is -0.378 e. The number of anilines is 1. The van der Waals surface area contributed by atoms with Gasteiger partial charge in [0.2, 0.25) is 0 Å². The summed E-state index contributed by atoms with van der Waals surface area (Å²) in [5, 5.41) is 18.6. The normalized spacial score (nSPS) is 27.8. The first kappa shape index (κ1) is 21.1. The van der Waals surface area contributed by atoms with Crippen LogP contribution in [0.5, 0.6) is 0 Å². The lowest BCUT2D eigenvalue weighted by Gasteiger charge is -2.24. The second-order valence-corrected chi connectivity index (χ2v) is 9.11. The summed E-state index contributed by atoms with van der Waals surface area (Å²) in [6.07, 6.45) is 5.29. The Morgan fingerprint density at radius 2 is 1.78 bits per heavy atom. The zero-order valence-corrected chi connectivity index (χ0v) is 18.6. The maximum absolute atomic E-state index is 12.5. The van der Waals surface area contributed by atoms with Crippen molar-refractivity contribution in [3.63, 3.8) is 0 Å². The molecule has 3 fully saturated rings. The fourth-order valence-corrected chi connectivity index (χ4v) is 4.97. The Hall–Kier alpha value is -2.72. The largest absolute Gasteiger partial charge is 0.378 e. The molecule has 172 valence electrons. The van der Waals surface area contributed by atoms with Crippen molar-refractivity contribution in [3.8, 4) is 11.4 Å². The average Bonchev–Trinajstić information content (AvgIpc) is 3.52. The third-order valence-electron chi connectivity index (χ3n) is 6.73. The van der Waals surface area contributed by atoms with Gasteiger partial charge in [0, 0.05) is 31.4 Å². The zero-order valence-electron chi connectivity index (χ0n) is 18.6. The number of carbonyl (C=O) groups excluding carboxylic acids is 1. The Labute approximate surface area is 187 Å². The van der Waals surface area contributed by atoms with Crippen LogP contribution in [-0.2, 0) is 9.47 Å². The lowest BCUT2D eigenvalue weighted by atomic mass is 9.96. The van der Waals surface area contributed by atoms with Gasteiger partial charge in [0.1, 0.15) is 18.2 Å². The van der Waals surface area contributed by atoms with Crippen molar-refractivity contribution < 1.29 is 14.3 Å². The summed E-state index contributed by atoms with van der Waals surface area (Å²) in [5.74, 6) is 0.680. The molecule has 0 radical (unpaired) electrons. The lowest BCUT2D eigenvalue weighted by molar-refractivity contribution is 0.0624. The van der Waals surface area contributed by atoms with E-state index < -0.39 is 0 Å². The van der Waals surface area contributed by atoms with E-state index in [-0.39, 0.29) is 36.4 Å². The molecule has 1 aliphatic carbocycles. The van der Waals surface area contributed by atoms with Gasteiger partial charge < -0.3 is 25.0 Å². The minimum atomic E-state index is -0.217. The maximum Gasteiger partial charge on any atom is 0.315 e. The third-order valence-corrected chi connectivity index (χ3v) is 6.73. The van der Waals surface area contributed by atoms with Crippen LogP contribution in [-0.4, -0.2) is 77.8 Å². The number of rotatable bonds is 5. The van der Waals surface area contributed by atoms with Crippen molar-refractivity contribution >= 4 is 11.7 Å². The molecule has 1 aromatic carbocycles. The second-order valence-electron chi connectivity index (χ2n) is 9.11. The van der Waals surface area contributed by atoms with Crippen molar-refractivity contribution in [2.24, 2.45) is 0 Å². The summed E-state index contributed by atoms with van der Waals surface area (Å²) in [4.78, 5) is 14.6. The maximum atomic E-state index is 12.5. The number of fused-ring (bicyclic) bond motifs is 1. The highest BCUT2D eigenvalue weighted by atomic mass is 16.6. The van der Waals surface area contributed by atoms with E-state index >= 15 is 0 Å². The molecule has 2 aliphatic heterocycles. The SMILES string of the molecule is CN(C)c1ccc(-c2nnnn2[C@@H]2CO[C@@H]3[C@@H]2OC[C@@H]3NC(=O)NC2CCCCC2)cc1. The minimum absolute atomic E-state index is 0.137. The number of hydrogen-bond donors (Lipinski definition) is 2. The smallest absolute Gasteiger partial charge is 0.315 e. The molecule has 5 rings (SSSR count). The van der Waals surface area contributed by atoms with Crippen LogP contribution in [0.15, 0.2) is 24.3 Å². The number of urea groups is 1. The van der Waals surface area contributed by atoms with Crippen LogP contribution in [0.1, 0.15) is 38.1 Å². The van der Waals surface area contributed by atoms with Gasteiger partial charge in [0.05, 0.1) is 19.3 Å². The molecule has 3 aliphatic rings. The molecule has 32 heavy (non-hydrogen) atoms. The number of benzene rings is 1. The number of carbonyl (C=O) groups is 1. The summed E-state index contributed by atoms with van der Waals surface area (Å²) in [5.41, 5.74) is 2.04. The molecule has 1 aromatic heterocycles. The molecule has 2 amide bonds. The molecule has 4 atom stereocenters. The molecule has 0 unspecified atom stereocenters. The fourth-order valence-electron chi connectivity index (χ4n) is 4.97. The monoisotopic (exact) mass is 441 g/mol. The Bertz CT molecular complexity index is 926. The summed E-state index contributed by atoms with van der Waals surface area (Å²) in [6, 6.07) is 7.91. The molecule has 10 heteroatoms. The van der Waals surface area contributed by atoms with E-state index in [0.717, 1.165) is 24.1 Å². The molecular weight excluding hydrogens is 410 g/mol. The second kappa shape index (κ2) is 9.03.